The molecule has 2 aliphatic heterocycles. The number of hydrazine groups is 1. The van der Waals surface area contributed by atoms with Crippen LogP contribution in [0.25, 0.3) is 5.69 Å². The van der Waals surface area contributed by atoms with Crippen LogP contribution in [0.15, 0.2) is 72.1 Å². The van der Waals surface area contributed by atoms with Crippen molar-refractivity contribution in [1.82, 2.24) is 25.0 Å². The highest BCUT2D eigenvalue weighted by Crippen LogP contribution is 2.39. The second kappa shape index (κ2) is 10.8. The number of fused-ring (bicyclic) bond motifs is 1. The lowest BCUT2D eigenvalue weighted by Gasteiger charge is -2.32. The van der Waals surface area contributed by atoms with Crippen molar-refractivity contribution in [2.75, 3.05) is 13.7 Å². The van der Waals surface area contributed by atoms with Crippen molar-refractivity contribution in [3.63, 3.8) is 0 Å². The zero-order valence-electron chi connectivity index (χ0n) is 21.0. The third-order valence-corrected chi connectivity index (χ3v) is 6.72. The molecular formula is C26H23ClF4N6O3. The topological polar surface area (TPSA) is 84.2 Å². The number of hydroxylamine groups is 2. The Bertz CT molecular complexity index is 1460. The Morgan fingerprint density at radius 3 is 2.62 bits per heavy atom. The normalized spacial score (nSPS) is 20.7. The summed E-state index contributed by atoms with van der Waals surface area (Å²) in [4.78, 5) is 25.4. The van der Waals surface area contributed by atoms with E-state index in [1.54, 1.807) is 46.1 Å². The van der Waals surface area contributed by atoms with Gasteiger partial charge in [-0.1, -0.05) is 35.9 Å². The predicted molar refractivity (Wildman–Crippen MR) is 137 cm³/mol. The van der Waals surface area contributed by atoms with Crippen molar-refractivity contribution < 1.29 is 31.9 Å². The fourth-order valence-electron chi connectivity index (χ4n) is 4.68. The molecule has 0 aliphatic carbocycles. The third kappa shape index (κ3) is 5.61. The zero-order valence-corrected chi connectivity index (χ0v) is 21.8. The van der Waals surface area contributed by atoms with Crippen LogP contribution in [-0.2, 0) is 9.63 Å². The Hall–Kier alpha value is -4.10. The van der Waals surface area contributed by atoms with E-state index in [1.807, 2.05) is 0 Å². The summed E-state index contributed by atoms with van der Waals surface area (Å²) in [7, 11) is 1.45. The number of guanidine groups is 1. The van der Waals surface area contributed by atoms with Gasteiger partial charge >= 0.3 is 12.1 Å². The number of hydrogen-bond acceptors (Lipinski definition) is 6. The monoisotopic (exact) mass is 578 g/mol. The summed E-state index contributed by atoms with van der Waals surface area (Å²) in [6, 6.07) is 10.4. The molecule has 2 unspecified atom stereocenters. The largest absolute Gasteiger partial charge is 0.494 e. The molecule has 0 saturated carbocycles. The minimum absolute atomic E-state index is 0.150. The summed E-state index contributed by atoms with van der Waals surface area (Å²) in [6.07, 6.45) is -2.25. The maximum Gasteiger partial charge on any atom is 0.493 e. The number of aromatic nitrogens is 2. The van der Waals surface area contributed by atoms with Gasteiger partial charge in [-0.05, 0) is 42.7 Å². The highest BCUT2D eigenvalue weighted by atomic mass is 35.5. The van der Waals surface area contributed by atoms with Crippen molar-refractivity contribution in [3.8, 4) is 11.4 Å². The van der Waals surface area contributed by atoms with Gasteiger partial charge < -0.3 is 14.1 Å². The second-order valence-corrected chi connectivity index (χ2v) is 9.57. The fraction of sp³-hybridized carbons (Fsp3) is 0.269. The van der Waals surface area contributed by atoms with E-state index in [0.717, 1.165) is 10.6 Å². The molecule has 2 atom stereocenters. The Kier molecular flexibility index (Phi) is 7.43. The third-order valence-electron chi connectivity index (χ3n) is 6.53. The van der Waals surface area contributed by atoms with Crippen LogP contribution in [-0.4, -0.2) is 57.5 Å². The molecule has 3 heterocycles. The van der Waals surface area contributed by atoms with Gasteiger partial charge in [-0.3, -0.25) is 5.43 Å². The molecule has 40 heavy (non-hydrogen) atoms. The number of nitrogens with one attached hydrogen (secondary N) is 1. The molecule has 2 saturated heterocycles. The number of nitrogens with zero attached hydrogens (tertiary/aromatic N) is 5. The van der Waals surface area contributed by atoms with Crippen LogP contribution < -0.4 is 10.2 Å². The number of rotatable bonds is 5. The summed E-state index contributed by atoms with van der Waals surface area (Å²) in [5, 5.41) is 2.72. The van der Waals surface area contributed by atoms with E-state index < -0.39 is 30.0 Å². The van der Waals surface area contributed by atoms with Crippen LogP contribution in [0.4, 0.5) is 23.2 Å². The van der Waals surface area contributed by atoms with E-state index in [0.29, 0.717) is 42.1 Å². The molecule has 0 amide bonds. The molecular weight excluding hydrogens is 556 g/mol. The number of halogens is 5. The van der Waals surface area contributed by atoms with Crippen LogP contribution >= 0.6 is 11.6 Å². The van der Waals surface area contributed by atoms with Crippen LogP contribution in [0.1, 0.15) is 24.3 Å². The van der Waals surface area contributed by atoms with Crippen molar-refractivity contribution in [2.45, 2.75) is 31.1 Å². The van der Waals surface area contributed by atoms with Gasteiger partial charge in [0.1, 0.15) is 29.2 Å². The molecule has 5 rings (SSSR count). The average molecular weight is 579 g/mol. The average Bonchev–Trinajstić information content (AvgIpc) is 3.44. The quantitative estimate of drug-likeness (QED) is 0.326. The van der Waals surface area contributed by atoms with Gasteiger partial charge in [0, 0.05) is 24.7 Å². The maximum atomic E-state index is 13.7. The van der Waals surface area contributed by atoms with Crippen LogP contribution in [0.3, 0.4) is 0 Å². The number of ether oxygens (including phenoxy) is 1. The lowest BCUT2D eigenvalue weighted by molar-refractivity contribution is -0.234. The molecule has 3 aromatic rings. The summed E-state index contributed by atoms with van der Waals surface area (Å²) in [6.45, 7) is 4.40. The van der Waals surface area contributed by atoms with Gasteiger partial charge in [0.25, 0.3) is 0 Å². The first kappa shape index (κ1) is 27.5. The number of methoxy groups -OCH3 is 1. The Balaban J connectivity index is 1.56. The SMILES string of the molecule is C=C1CCN2NC(=Nc3ccc(-n4cnc(Cl)c4)c(OC)c3)N(OC(=O)C(F)(F)F)C2C(c2ccc(F)cc2)C1. The predicted octanol–water partition coefficient (Wildman–Crippen LogP) is 5.26. The smallest absolute Gasteiger partial charge is 0.493 e. The van der Waals surface area contributed by atoms with Crippen molar-refractivity contribution >= 4 is 29.2 Å². The fourth-order valence-corrected chi connectivity index (χ4v) is 4.82. The molecule has 210 valence electrons. The van der Waals surface area contributed by atoms with Gasteiger partial charge in [0.2, 0.25) is 5.96 Å². The van der Waals surface area contributed by atoms with Crippen LogP contribution in [0.5, 0.6) is 5.75 Å². The van der Waals surface area contributed by atoms with Crippen LogP contribution in [0, 0.1) is 5.82 Å². The Labute approximate surface area is 231 Å². The molecule has 2 fully saturated rings. The first-order chi connectivity index (χ1) is 19.0. The molecule has 2 aliphatic rings. The summed E-state index contributed by atoms with van der Waals surface area (Å²) in [5.74, 6) is -3.18. The summed E-state index contributed by atoms with van der Waals surface area (Å²) in [5.41, 5.74) is 5.33. The number of carbonyl (C=O) groups excluding carboxylic acids is 1. The van der Waals surface area contributed by atoms with E-state index in [2.05, 4.69) is 22.0 Å². The van der Waals surface area contributed by atoms with E-state index in [4.69, 9.17) is 21.2 Å². The highest BCUT2D eigenvalue weighted by molar-refractivity contribution is 6.29. The molecule has 1 aromatic heterocycles. The highest BCUT2D eigenvalue weighted by Gasteiger charge is 2.50. The van der Waals surface area contributed by atoms with Crippen LogP contribution in [0.2, 0.25) is 5.15 Å². The molecule has 0 radical (unpaired) electrons. The van der Waals surface area contributed by atoms with E-state index in [-0.39, 0.29) is 11.1 Å². The lowest BCUT2D eigenvalue weighted by atomic mass is 9.90. The van der Waals surface area contributed by atoms with E-state index >= 15 is 0 Å². The molecule has 0 bridgehead atoms. The lowest BCUT2D eigenvalue weighted by Crippen LogP contribution is -2.46. The van der Waals surface area contributed by atoms with Gasteiger partial charge in [0.15, 0.2) is 0 Å². The molecule has 14 heteroatoms. The number of aliphatic imine (C=N–C) groups is 1. The number of alkyl halides is 3. The van der Waals surface area contributed by atoms with E-state index in [1.165, 1.54) is 25.6 Å². The van der Waals surface area contributed by atoms with Gasteiger partial charge in [0.05, 0.1) is 18.5 Å². The minimum atomic E-state index is -5.25. The Morgan fingerprint density at radius 2 is 1.98 bits per heavy atom. The Morgan fingerprint density at radius 1 is 1.23 bits per heavy atom. The first-order valence-corrected chi connectivity index (χ1v) is 12.4. The maximum absolute atomic E-state index is 13.7. The van der Waals surface area contributed by atoms with Crippen molar-refractivity contribution in [3.05, 3.63) is 83.7 Å². The molecule has 2 aromatic carbocycles. The van der Waals surface area contributed by atoms with Gasteiger partial charge in [-0.2, -0.15) is 23.2 Å². The van der Waals surface area contributed by atoms with Crippen molar-refractivity contribution in [1.29, 1.82) is 0 Å². The minimum Gasteiger partial charge on any atom is -0.494 e. The molecule has 9 nitrogen and oxygen atoms in total. The summed E-state index contributed by atoms with van der Waals surface area (Å²) >= 11 is 5.93. The molecule has 1 N–H and O–H groups in total. The second-order valence-electron chi connectivity index (χ2n) is 9.18. The zero-order chi connectivity index (χ0) is 28.6. The van der Waals surface area contributed by atoms with Crippen molar-refractivity contribution in [2.24, 2.45) is 4.99 Å². The first-order valence-electron chi connectivity index (χ1n) is 12.0. The number of carbonyl (C=O) groups is 1. The van der Waals surface area contributed by atoms with E-state index in [9.17, 15) is 22.4 Å². The number of hydrogen-bond donors (Lipinski definition) is 1. The standard InChI is InChI=1S/C26H23ClF4N6O3/c1-15-9-10-36-23(19(11-15)16-3-5-17(28)6-4-16)37(40-24(38)26(29,30)31)25(34-36)33-18-7-8-20(21(12-18)39-2)35-13-22(27)32-14-35/h3-8,12-14,19,23H,1,9-11H2,2H3,(H,33,34). The summed E-state index contributed by atoms with van der Waals surface area (Å²) < 4.78 is 60.8. The number of benzene rings is 2. The van der Waals surface area contributed by atoms with Gasteiger partial charge in [-0.25, -0.2) is 19.2 Å². The molecule has 0 spiro atoms. The number of imidazole rings is 1. The van der Waals surface area contributed by atoms with Gasteiger partial charge in [-0.15, -0.1) is 0 Å².